The van der Waals surface area contributed by atoms with E-state index in [9.17, 15) is 9.90 Å². The molecule has 0 atom stereocenters. The number of ether oxygens (including phenoxy) is 1. The van der Waals surface area contributed by atoms with Crippen molar-refractivity contribution < 1.29 is 14.6 Å². The summed E-state index contributed by atoms with van der Waals surface area (Å²) < 4.78 is 5.89. The number of phenolic OH excluding ortho intramolecular Hbond substituents is 1. The number of benzene rings is 3. The fourth-order valence-corrected chi connectivity index (χ4v) is 2.88. The van der Waals surface area contributed by atoms with Crippen LogP contribution in [0.15, 0.2) is 66.7 Å². The highest BCUT2D eigenvalue weighted by Crippen LogP contribution is 2.28. The molecule has 0 spiro atoms. The van der Waals surface area contributed by atoms with Crippen molar-refractivity contribution in [1.82, 2.24) is 0 Å². The molecule has 5 heteroatoms. The van der Waals surface area contributed by atoms with Gasteiger partial charge in [-0.2, -0.15) is 0 Å². The average molecular weight is 382 g/mol. The number of anilines is 1. The van der Waals surface area contributed by atoms with Gasteiger partial charge in [-0.3, -0.25) is 4.79 Å². The summed E-state index contributed by atoms with van der Waals surface area (Å²) in [5.74, 6) is 0.156. The lowest BCUT2D eigenvalue weighted by Gasteiger charge is -2.14. The number of rotatable bonds is 6. The number of halogens is 1. The number of carbonyl (C=O) groups is 1. The van der Waals surface area contributed by atoms with Crippen LogP contribution in [0, 0.1) is 6.92 Å². The number of aromatic hydroxyl groups is 1. The predicted molar refractivity (Wildman–Crippen MR) is 108 cm³/mol. The Balaban J connectivity index is 1.69. The molecule has 27 heavy (non-hydrogen) atoms. The van der Waals surface area contributed by atoms with Crippen molar-refractivity contribution in [2.24, 2.45) is 0 Å². The van der Waals surface area contributed by atoms with Crippen LogP contribution in [-0.2, 0) is 6.42 Å². The van der Waals surface area contributed by atoms with E-state index in [-0.39, 0.29) is 11.3 Å². The summed E-state index contributed by atoms with van der Waals surface area (Å²) in [5.41, 5.74) is 2.77. The van der Waals surface area contributed by atoms with Crippen LogP contribution < -0.4 is 10.1 Å². The third-order valence-corrected chi connectivity index (χ3v) is 4.46. The fourth-order valence-electron chi connectivity index (χ4n) is 2.71. The minimum absolute atomic E-state index is 0.121. The number of nitrogens with one attached hydrogen (secondary N) is 1. The van der Waals surface area contributed by atoms with Gasteiger partial charge in [0.2, 0.25) is 0 Å². The lowest BCUT2D eigenvalue weighted by Crippen LogP contribution is -2.13. The van der Waals surface area contributed by atoms with Gasteiger partial charge in [0.1, 0.15) is 11.5 Å². The van der Waals surface area contributed by atoms with Gasteiger partial charge in [-0.15, -0.1) is 0 Å². The van der Waals surface area contributed by atoms with Gasteiger partial charge in [-0.25, -0.2) is 0 Å². The molecule has 4 nitrogen and oxygen atoms in total. The number of phenols is 1. The van der Waals surface area contributed by atoms with Gasteiger partial charge < -0.3 is 15.2 Å². The molecule has 3 aromatic rings. The Hall–Kier alpha value is -2.98. The SMILES string of the molecule is Cc1c(NC(=O)c2cc(Cl)ccc2O)cccc1OCCc1ccccc1. The summed E-state index contributed by atoms with van der Waals surface area (Å²) in [5, 5.41) is 13.1. The first kappa shape index (κ1) is 18.8. The molecule has 3 rings (SSSR count). The van der Waals surface area contributed by atoms with E-state index in [0.29, 0.717) is 23.1 Å². The Kier molecular flexibility index (Phi) is 5.99. The molecular weight excluding hydrogens is 362 g/mol. The van der Waals surface area contributed by atoms with E-state index in [1.807, 2.05) is 37.3 Å². The lowest BCUT2D eigenvalue weighted by atomic mass is 10.1. The molecule has 0 saturated heterocycles. The molecule has 0 saturated carbocycles. The Morgan fingerprint density at radius 2 is 1.85 bits per heavy atom. The summed E-state index contributed by atoms with van der Waals surface area (Å²) in [7, 11) is 0. The minimum atomic E-state index is -0.431. The number of hydrogen-bond donors (Lipinski definition) is 2. The van der Waals surface area contributed by atoms with Gasteiger partial charge in [-0.1, -0.05) is 48.0 Å². The highest BCUT2D eigenvalue weighted by molar-refractivity contribution is 6.31. The fraction of sp³-hybridized carbons (Fsp3) is 0.136. The molecule has 3 aromatic carbocycles. The van der Waals surface area contributed by atoms with Crippen LogP contribution in [0.1, 0.15) is 21.5 Å². The van der Waals surface area contributed by atoms with Crippen molar-refractivity contribution in [2.45, 2.75) is 13.3 Å². The predicted octanol–water partition coefficient (Wildman–Crippen LogP) is 5.23. The molecule has 0 bridgehead atoms. The van der Waals surface area contributed by atoms with Crippen molar-refractivity contribution >= 4 is 23.2 Å². The molecule has 0 unspecified atom stereocenters. The molecule has 0 radical (unpaired) electrons. The van der Waals surface area contributed by atoms with E-state index in [1.165, 1.54) is 23.8 Å². The van der Waals surface area contributed by atoms with E-state index < -0.39 is 5.91 Å². The van der Waals surface area contributed by atoms with E-state index in [4.69, 9.17) is 16.3 Å². The molecular formula is C22H20ClNO3. The van der Waals surface area contributed by atoms with Crippen LogP contribution in [0.2, 0.25) is 5.02 Å². The summed E-state index contributed by atoms with van der Waals surface area (Å²) in [6, 6.07) is 19.9. The smallest absolute Gasteiger partial charge is 0.259 e. The molecule has 0 aromatic heterocycles. The van der Waals surface area contributed by atoms with E-state index >= 15 is 0 Å². The number of carbonyl (C=O) groups excluding carboxylic acids is 1. The molecule has 2 N–H and O–H groups in total. The average Bonchev–Trinajstić information content (AvgIpc) is 2.67. The first-order valence-corrected chi connectivity index (χ1v) is 8.98. The van der Waals surface area contributed by atoms with Gasteiger partial charge in [0, 0.05) is 22.7 Å². The van der Waals surface area contributed by atoms with Gasteiger partial charge >= 0.3 is 0 Å². The van der Waals surface area contributed by atoms with Crippen LogP contribution in [0.25, 0.3) is 0 Å². The monoisotopic (exact) mass is 381 g/mol. The lowest BCUT2D eigenvalue weighted by molar-refractivity contribution is 0.102. The Labute approximate surface area is 163 Å². The van der Waals surface area contributed by atoms with Crippen LogP contribution in [0.3, 0.4) is 0 Å². The summed E-state index contributed by atoms with van der Waals surface area (Å²) in [4.78, 5) is 12.5. The highest BCUT2D eigenvalue weighted by atomic mass is 35.5. The first-order valence-electron chi connectivity index (χ1n) is 8.61. The van der Waals surface area contributed by atoms with Gasteiger partial charge in [0.25, 0.3) is 5.91 Å². The topological polar surface area (TPSA) is 58.6 Å². The van der Waals surface area contributed by atoms with Crippen LogP contribution in [0.4, 0.5) is 5.69 Å². The Bertz CT molecular complexity index is 942. The Morgan fingerprint density at radius 1 is 1.07 bits per heavy atom. The second-order valence-corrected chi connectivity index (χ2v) is 6.56. The zero-order valence-corrected chi connectivity index (χ0v) is 15.7. The molecule has 138 valence electrons. The molecule has 0 fully saturated rings. The zero-order chi connectivity index (χ0) is 19.2. The normalized spacial score (nSPS) is 10.4. The minimum Gasteiger partial charge on any atom is -0.507 e. The summed E-state index contributed by atoms with van der Waals surface area (Å²) in [6.45, 7) is 2.42. The number of hydrogen-bond acceptors (Lipinski definition) is 3. The van der Waals surface area contributed by atoms with Gasteiger partial charge in [0.05, 0.1) is 12.2 Å². The second kappa shape index (κ2) is 8.60. The van der Waals surface area contributed by atoms with Crippen LogP contribution >= 0.6 is 11.6 Å². The third kappa shape index (κ3) is 4.80. The Morgan fingerprint density at radius 3 is 2.63 bits per heavy atom. The largest absolute Gasteiger partial charge is 0.507 e. The quantitative estimate of drug-likeness (QED) is 0.614. The van der Waals surface area contributed by atoms with E-state index in [0.717, 1.165) is 12.0 Å². The van der Waals surface area contributed by atoms with Crippen molar-refractivity contribution in [2.75, 3.05) is 11.9 Å². The molecule has 0 heterocycles. The van der Waals surface area contributed by atoms with Crippen molar-refractivity contribution in [3.63, 3.8) is 0 Å². The van der Waals surface area contributed by atoms with Gasteiger partial charge in [-0.05, 0) is 42.8 Å². The van der Waals surface area contributed by atoms with Crippen molar-refractivity contribution in [3.05, 3.63) is 88.4 Å². The molecule has 0 aliphatic rings. The first-order chi connectivity index (χ1) is 13.0. The number of amides is 1. The molecule has 1 amide bonds. The van der Waals surface area contributed by atoms with Crippen LogP contribution in [-0.4, -0.2) is 17.6 Å². The van der Waals surface area contributed by atoms with E-state index in [2.05, 4.69) is 17.4 Å². The maximum atomic E-state index is 12.5. The maximum Gasteiger partial charge on any atom is 0.259 e. The second-order valence-electron chi connectivity index (χ2n) is 6.13. The van der Waals surface area contributed by atoms with Crippen LogP contribution in [0.5, 0.6) is 11.5 Å². The standard InChI is InChI=1S/C22H20ClNO3/c1-15-19(24-22(26)18-14-17(23)10-11-20(18)25)8-5-9-21(15)27-13-12-16-6-3-2-4-7-16/h2-11,14,25H,12-13H2,1H3,(H,24,26). The third-order valence-electron chi connectivity index (χ3n) is 4.23. The van der Waals surface area contributed by atoms with Crippen molar-refractivity contribution in [3.8, 4) is 11.5 Å². The summed E-state index contributed by atoms with van der Waals surface area (Å²) in [6.07, 6.45) is 0.799. The zero-order valence-electron chi connectivity index (χ0n) is 14.9. The molecule has 0 aliphatic heterocycles. The van der Waals surface area contributed by atoms with Crippen molar-refractivity contribution in [1.29, 1.82) is 0 Å². The maximum absolute atomic E-state index is 12.5. The van der Waals surface area contributed by atoms with Gasteiger partial charge in [0.15, 0.2) is 0 Å². The summed E-state index contributed by atoms with van der Waals surface area (Å²) >= 11 is 5.92. The van der Waals surface area contributed by atoms with E-state index in [1.54, 1.807) is 6.07 Å². The highest BCUT2D eigenvalue weighted by Gasteiger charge is 2.14. The molecule has 0 aliphatic carbocycles.